The van der Waals surface area contributed by atoms with Crippen LogP contribution < -0.4 is 10.1 Å². The largest absolute Gasteiger partial charge is 0.475 e. The van der Waals surface area contributed by atoms with Crippen molar-refractivity contribution in [1.29, 1.82) is 0 Å². The molecule has 12 heteroatoms. The van der Waals surface area contributed by atoms with E-state index in [-0.39, 0.29) is 29.7 Å². The fourth-order valence-corrected chi connectivity index (χ4v) is 2.38. The summed E-state index contributed by atoms with van der Waals surface area (Å²) in [7, 11) is 3.23. The van der Waals surface area contributed by atoms with E-state index in [1.54, 1.807) is 17.8 Å². The van der Waals surface area contributed by atoms with E-state index in [0.717, 1.165) is 12.3 Å². The maximum absolute atomic E-state index is 12.8. The molecule has 30 heavy (non-hydrogen) atoms. The van der Waals surface area contributed by atoms with E-state index in [9.17, 15) is 18.0 Å². The van der Waals surface area contributed by atoms with Crippen molar-refractivity contribution in [2.75, 3.05) is 25.6 Å². The molecule has 0 radical (unpaired) electrons. The van der Waals surface area contributed by atoms with Gasteiger partial charge < -0.3 is 19.4 Å². The van der Waals surface area contributed by atoms with Gasteiger partial charge in [-0.3, -0.25) is 9.78 Å². The summed E-state index contributed by atoms with van der Waals surface area (Å²) in [4.78, 5) is 28.5. The van der Waals surface area contributed by atoms with Crippen molar-refractivity contribution in [3.05, 3.63) is 48.2 Å². The lowest BCUT2D eigenvalue weighted by molar-refractivity contribution is -0.141. The van der Waals surface area contributed by atoms with Crippen molar-refractivity contribution in [3.8, 4) is 17.5 Å². The molecule has 9 nitrogen and oxygen atoms in total. The highest BCUT2D eigenvalue weighted by atomic mass is 19.4. The molecule has 0 atom stereocenters. The predicted molar refractivity (Wildman–Crippen MR) is 98.8 cm³/mol. The molecule has 3 heterocycles. The van der Waals surface area contributed by atoms with Crippen LogP contribution in [0.5, 0.6) is 5.88 Å². The Balaban J connectivity index is 1.90. The van der Waals surface area contributed by atoms with Gasteiger partial charge >= 0.3 is 6.18 Å². The van der Waals surface area contributed by atoms with E-state index in [1.807, 2.05) is 0 Å². The Bertz CT molecular complexity index is 1040. The van der Waals surface area contributed by atoms with Gasteiger partial charge in [0.1, 0.15) is 18.0 Å². The minimum atomic E-state index is -4.64. The summed E-state index contributed by atoms with van der Waals surface area (Å²) in [6.07, 6.45) is -0.473. The molecule has 0 aromatic carbocycles. The molecule has 1 amide bonds. The summed E-state index contributed by atoms with van der Waals surface area (Å²) in [6, 6.07) is 3.25. The van der Waals surface area contributed by atoms with E-state index in [2.05, 4.69) is 25.3 Å². The number of rotatable bonds is 7. The van der Waals surface area contributed by atoms with E-state index < -0.39 is 17.8 Å². The first kappa shape index (κ1) is 21.2. The summed E-state index contributed by atoms with van der Waals surface area (Å²) in [5.74, 6) is -0.155. The first-order chi connectivity index (χ1) is 14.3. The summed E-state index contributed by atoms with van der Waals surface area (Å²) in [6.45, 7) is 0.467. The first-order valence-electron chi connectivity index (χ1n) is 8.61. The number of imidazole rings is 1. The Morgan fingerprint density at radius 2 is 1.97 bits per heavy atom. The molecule has 0 unspecified atom stereocenters. The van der Waals surface area contributed by atoms with Crippen molar-refractivity contribution in [2.45, 2.75) is 6.18 Å². The molecule has 3 aromatic rings. The second-order valence-corrected chi connectivity index (χ2v) is 6.00. The second kappa shape index (κ2) is 8.86. The first-order valence-corrected chi connectivity index (χ1v) is 8.61. The van der Waals surface area contributed by atoms with Crippen LogP contribution in [0.4, 0.5) is 18.9 Å². The third-order valence-corrected chi connectivity index (χ3v) is 3.80. The van der Waals surface area contributed by atoms with Crippen LogP contribution in [0.15, 0.2) is 36.8 Å². The van der Waals surface area contributed by atoms with Gasteiger partial charge in [-0.05, 0) is 12.1 Å². The lowest BCUT2D eigenvalue weighted by Crippen LogP contribution is -2.17. The van der Waals surface area contributed by atoms with E-state index in [0.29, 0.717) is 12.4 Å². The summed E-state index contributed by atoms with van der Waals surface area (Å²) < 4.78 is 50.6. The lowest BCUT2D eigenvalue weighted by Gasteiger charge is -2.11. The lowest BCUT2D eigenvalue weighted by atomic mass is 10.3. The summed E-state index contributed by atoms with van der Waals surface area (Å²) >= 11 is 0. The highest BCUT2D eigenvalue weighted by molar-refractivity contribution is 6.03. The zero-order valence-electron chi connectivity index (χ0n) is 16.0. The molecule has 3 aromatic heterocycles. The van der Waals surface area contributed by atoms with Gasteiger partial charge in [0.05, 0.1) is 6.61 Å². The van der Waals surface area contributed by atoms with Crippen molar-refractivity contribution in [2.24, 2.45) is 7.05 Å². The Kier molecular flexibility index (Phi) is 6.26. The molecule has 0 bridgehead atoms. The number of pyridine rings is 1. The molecule has 0 aliphatic rings. The molecule has 0 saturated carbocycles. The molecule has 0 aliphatic carbocycles. The topological polar surface area (TPSA) is 104 Å². The van der Waals surface area contributed by atoms with Crippen LogP contribution in [0.1, 0.15) is 16.2 Å². The van der Waals surface area contributed by atoms with Crippen molar-refractivity contribution in [1.82, 2.24) is 24.5 Å². The number of carbonyl (C=O) groups is 1. The predicted octanol–water partition coefficient (Wildman–Crippen LogP) is 2.57. The molecule has 0 aliphatic heterocycles. The number of anilines is 1. The third-order valence-electron chi connectivity index (χ3n) is 3.80. The number of hydrogen-bond donors (Lipinski definition) is 1. The van der Waals surface area contributed by atoms with Gasteiger partial charge in [-0.15, -0.1) is 0 Å². The van der Waals surface area contributed by atoms with E-state index in [1.165, 1.54) is 25.4 Å². The number of aryl methyl sites for hydroxylation is 1. The molecule has 1 N–H and O–H groups in total. The van der Waals surface area contributed by atoms with Gasteiger partial charge in [-0.1, -0.05) is 0 Å². The van der Waals surface area contributed by atoms with E-state index in [4.69, 9.17) is 9.47 Å². The number of nitrogens with one attached hydrogen (secondary N) is 1. The number of halogens is 3. The molecular formula is C18H17F3N6O3. The second-order valence-electron chi connectivity index (χ2n) is 6.00. The molecule has 0 spiro atoms. The Morgan fingerprint density at radius 1 is 1.17 bits per heavy atom. The number of methoxy groups -OCH3 is 1. The quantitative estimate of drug-likeness (QED) is 0.584. The van der Waals surface area contributed by atoms with Gasteiger partial charge in [0.15, 0.2) is 11.6 Å². The summed E-state index contributed by atoms with van der Waals surface area (Å²) in [5, 5.41) is 2.38. The monoisotopic (exact) mass is 422 g/mol. The highest BCUT2D eigenvalue weighted by Crippen LogP contribution is 2.29. The third kappa shape index (κ3) is 5.08. The number of aromatic nitrogens is 5. The maximum Gasteiger partial charge on any atom is 0.433 e. The van der Waals surface area contributed by atoms with Crippen molar-refractivity contribution < 1.29 is 27.4 Å². The van der Waals surface area contributed by atoms with Crippen LogP contribution in [-0.2, 0) is 18.0 Å². The molecule has 3 rings (SSSR count). The van der Waals surface area contributed by atoms with Crippen LogP contribution in [0, 0.1) is 0 Å². The van der Waals surface area contributed by atoms with Gasteiger partial charge in [0, 0.05) is 44.5 Å². The van der Waals surface area contributed by atoms with Crippen LogP contribution in [0.25, 0.3) is 11.6 Å². The normalized spacial score (nSPS) is 11.4. The van der Waals surface area contributed by atoms with Gasteiger partial charge in [0.25, 0.3) is 5.91 Å². The molecular weight excluding hydrogens is 405 g/mol. The fourth-order valence-electron chi connectivity index (χ4n) is 2.38. The average molecular weight is 422 g/mol. The average Bonchev–Trinajstić information content (AvgIpc) is 3.13. The molecule has 158 valence electrons. The number of carbonyl (C=O) groups excluding carboxylic acids is 1. The van der Waals surface area contributed by atoms with E-state index >= 15 is 0 Å². The summed E-state index contributed by atoms with van der Waals surface area (Å²) in [5.41, 5.74) is -1.32. The smallest absolute Gasteiger partial charge is 0.433 e. The molecule has 0 fully saturated rings. The number of amides is 1. The minimum absolute atomic E-state index is 0.0821. The number of nitrogens with zero attached hydrogens (tertiary/aromatic N) is 5. The Hall–Kier alpha value is -3.54. The van der Waals surface area contributed by atoms with Crippen molar-refractivity contribution in [3.63, 3.8) is 0 Å². The molecule has 0 saturated heterocycles. The van der Waals surface area contributed by atoms with Crippen LogP contribution in [0.2, 0.25) is 0 Å². The Labute approximate surface area is 168 Å². The maximum atomic E-state index is 12.8. The van der Waals surface area contributed by atoms with Gasteiger partial charge in [0.2, 0.25) is 5.88 Å². The van der Waals surface area contributed by atoms with Crippen LogP contribution in [0.3, 0.4) is 0 Å². The number of hydrogen-bond acceptors (Lipinski definition) is 7. The number of ether oxygens (including phenoxy) is 2. The highest BCUT2D eigenvalue weighted by Gasteiger charge is 2.32. The van der Waals surface area contributed by atoms with Crippen LogP contribution in [-0.4, -0.2) is 50.7 Å². The fraction of sp³-hybridized carbons (Fsp3) is 0.278. The minimum Gasteiger partial charge on any atom is -0.475 e. The van der Waals surface area contributed by atoms with Gasteiger partial charge in [-0.2, -0.15) is 18.2 Å². The zero-order valence-corrected chi connectivity index (χ0v) is 16.0. The Morgan fingerprint density at radius 3 is 2.63 bits per heavy atom. The SMILES string of the molecule is COCCOc1cc(C(=O)Nc2ccnc(C(F)(F)F)c2)nc(-c2nccn2C)n1. The zero-order chi connectivity index (χ0) is 21.7. The van der Waals surface area contributed by atoms with Gasteiger partial charge in [-0.25, -0.2) is 9.97 Å². The van der Waals surface area contributed by atoms with Crippen LogP contribution >= 0.6 is 0 Å². The number of alkyl halides is 3. The standard InChI is InChI=1S/C18H17F3N6O3/c1-27-6-5-23-16(27)15-25-12(10-14(26-15)30-8-7-29-2)17(28)24-11-3-4-22-13(9-11)18(19,20)21/h3-6,9-10H,7-8H2,1-2H3,(H,22,24,28). The van der Waals surface area contributed by atoms with Crippen molar-refractivity contribution >= 4 is 11.6 Å².